The largest absolute Gasteiger partial charge is 0.389 e. The van der Waals surface area contributed by atoms with Crippen LogP contribution >= 0.6 is 0 Å². The van der Waals surface area contributed by atoms with Crippen molar-refractivity contribution in [1.82, 2.24) is 4.90 Å². The average molecular weight is 185 g/mol. The third-order valence-corrected chi connectivity index (χ3v) is 3.13. The molecule has 3 nitrogen and oxygen atoms in total. The Bertz CT molecular complexity index is 155. The van der Waals surface area contributed by atoms with Crippen LogP contribution in [0.5, 0.6) is 0 Å². The van der Waals surface area contributed by atoms with E-state index in [-0.39, 0.29) is 12.1 Å². The molecule has 0 bridgehead atoms. The van der Waals surface area contributed by atoms with Gasteiger partial charge in [0.15, 0.2) is 0 Å². The number of rotatable bonds is 1. The molecule has 1 N–H and O–H groups in total. The van der Waals surface area contributed by atoms with Gasteiger partial charge in [-0.3, -0.25) is 4.90 Å². The van der Waals surface area contributed by atoms with Crippen molar-refractivity contribution in [3.05, 3.63) is 0 Å². The van der Waals surface area contributed by atoms with E-state index >= 15 is 0 Å². The Morgan fingerprint density at radius 2 is 1.69 bits per heavy atom. The molecule has 0 radical (unpaired) electrons. The second kappa shape index (κ2) is 4.40. The summed E-state index contributed by atoms with van der Waals surface area (Å²) < 4.78 is 5.27. The van der Waals surface area contributed by atoms with Crippen LogP contribution in [0, 0.1) is 0 Å². The van der Waals surface area contributed by atoms with E-state index in [9.17, 15) is 5.11 Å². The molecule has 13 heavy (non-hydrogen) atoms. The van der Waals surface area contributed by atoms with Crippen molar-refractivity contribution in [2.24, 2.45) is 0 Å². The van der Waals surface area contributed by atoms with Crippen LogP contribution in [0.4, 0.5) is 0 Å². The number of aliphatic hydroxyl groups excluding tert-OH is 1. The van der Waals surface area contributed by atoms with E-state index in [1.54, 1.807) is 0 Å². The molecule has 3 heteroatoms. The molecule has 0 spiro atoms. The predicted octanol–water partition coefficient (Wildman–Crippen LogP) is 0.622. The lowest BCUT2D eigenvalue weighted by molar-refractivity contribution is 0.0840. The van der Waals surface area contributed by atoms with Crippen molar-refractivity contribution >= 4 is 0 Å². The van der Waals surface area contributed by atoms with E-state index in [1.165, 1.54) is 25.7 Å². The number of ether oxygens (including phenoxy) is 1. The first kappa shape index (κ1) is 9.44. The van der Waals surface area contributed by atoms with Gasteiger partial charge in [-0.15, -0.1) is 0 Å². The number of likely N-dealkylation sites (tertiary alicyclic amines) is 1. The van der Waals surface area contributed by atoms with Crippen LogP contribution in [-0.2, 0) is 4.74 Å². The SMILES string of the molecule is OC1COCC1N1CCCCCC1. The molecule has 2 aliphatic rings. The van der Waals surface area contributed by atoms with Crippen molar-refractivity contribution in [3.8, 4) is 0 Å². The van der Waals surface area contributed by atoms with E-state index in [4.69, 9.17) is 4.74 Å². The van der Waals surface area contributed by atoms with Crippen LogP contribution in [0.15, 0.2) is 0 Å². The normalized spacial score (nSPS) is 37.6. The Balaban J connectivity index is 1.89. The maximum Gasteiger partial charge on any atom is 0.0950 e. The van der Waals surface area contributed by atoms with Crippen molar-refractivity contribution in [2.45, 2.75) is 37.8 Å². The highest BCUT2D eigenvalue weighted by molar-refractivity contribution is 4.84. The molecule has 0 aromatic rings. The first-order valence-corrected chi connectivity index (χ1v) is 5.38. The molecule has 2 rings (SSSR count). The summed E-state index contributed by atoms with van der Waals surface area (Å²) in [5.74, 6) is 0. The minimum absolute atomic E-state index is 0.252. The lowest BCUT2D eigenvalue weighted by atomic mass is 10.2. The van der Waals surface area contributed by atoms with Gasteiger partial charge in [-0.1, -0.05) is 12.8 Å². The fraction of sp³-hybridized carbons (Fsp3) is 1.00. The molecule has 2 unspecified atom stereocenters. The first-order valence-electron chi connectivity index (χ1n) is 5.38. The van der Waals surface area contributed by atoms with E-state index in [0.717, 1.165) is 19.7 Å². The monoisotopic (exact) mass is 185 g/mol. The number of nitrogens with zero attached hydrogens (tertiary/aromatic N) is 1. The standard InChI is InChI=1S/C10H19NO2/c12-10-8-13-7-9(10)11-5-3-1-2-4-6-11/h9-10,12H,1-8H2. The van der Waals surface area contributed by atoms with Crippen LogP contribution in [0.3, 0.4) is 0 Å². The van der Waals surface area contributed by atoms with Gasteiger partial charge in [0.1, 0.15) is 0 Å². The summed E-state index contributed by atoms with van der Waals surface area (Å²) in [6.07, 6.45) is 5.00. The van der Waals surface area contributed by atoms with Crippen LogP contribution in [0.2, 0.25) is 0 Å². The van der Waals surface area contributed by atoms with Gasteiger partial charge in [0.25, 0.3) is 0 Å². The second-order valence-electron chi connectivity index (χ2n) is 4.12. The maximum atomic E-state index is 9.67. The highest BCUT2D eigenvalue weighted by Crippen LogP contribution is 2.18. The van der Waals surface area contributed by atoms with Gasteiger partial charge in [-0.25, -0.2) is 0 Å². The summed E-state index contributed by atoms with van der Waals surface area (Å²) in [6, 6.07) is 0.276. The summed E-state index contributed by atoms with van der Waals surface area (Å²) in [5, 5.41) is 9.67. The Morgan fingerprint density at radius 1 is 1.00 bits per heavy atom. The van der Waals surface area contributed by atoms with Gasteiger partial charge in [0.2, 0.25) is 0 Å². The van der Waals surface area contributed by atoms with Crippen LogP contribution < -0.4 is 0 Å². The van der Waals surface area contributed by atoms with Gasteiger partial charge in [0.05, 0.1) is 25.4 Å². The lowest BCUT2D eigenvalue weighted by Gasteiger charge is -2.28. The van der Waals surface area contributed by atoms with Crippen LogP contribution in [0.25, 0.3) is 0 Å². The second-order valence-corrected chi connectivity index (χ2v) is 4.12. The van der Waals surface area contributed by atoms with E-state index in [2.05, 4.69) is 4.90 Å². The fourth-order valence-electron chi connectivity index (χ4n) is 2.31. The van der Waals surface area contributed by atoms with Gasteiger partial charge in [-0.2, -0.15) is 0 Å². The third-order valence-electron chi connectivity index (χ3n) is 3.13. The van der Waals surface area contributed by atoms with Gasteiger partial charge in [-0.05, 0) is 25.9 Å². The quantitative estimate of drug-likeness (QED) is 0.650. The van der Waals surface area contributed by atoms with Crippen molar-refractivity contribution < 1.29 is 9.84 Å². The molecular weight excluding hydrogens is 166 g/mol. The smallest absolute Gasteiger partial charge is 0.0950 e. The Kier molecular flexibility index (Phi) is 3.19. The third kappa shape index (κ3) is 2.22. The number of aliphatic hydroxyl groups is 1. The zero-order valence-electron chi connectivity index (χ0n) is 8.11. The molecule has 0 saturated carbocycles. The van der Waals surface area contributed by atoms with Gasteiger partial charge in [0, 0.05) is 0 Å². The minimum Gasteiger partial charge on any atom is -0.389 e. The number of hydrogen-bond acceptors (Lipinski definition) is 3. The van der Waals surface area contributed by atoms with E-state index in [1.807, 2.05) is 0 Å². The van der Waals surface area contributed by atoms with Crippen LogP contribution in [0.1, 0.15) is 25.7 Å². The zero-order valence-corrected chi connectivity index (χ0v) is 8.11. The van der Waals surface area contributed by atoms with Crippen molar-refractivity contribution in [1.29, 1.82) is 0 Å². The molecule has 0 aromatic heterocycles. The summed E-state index contributed by atoms with van der Waals surface area (Å²) in [5.41, 5.74) is 0. The summed E-state index contributed by atoms with van der Waals surface area (Å²) in [4.78, 5) is 2.41. The lowest BCUT2D eigenvalue weighted by Crippen LogP contribution is -2.43. The molecule has 0 aliphatic carbocycles. The van der Waals surface area contributed by atoms with Crippen molar-refractivity contribution in [3.63, 3.8) is 0 Å². The summed E-state index contributed by atoms with van der Waals surface area (Å²) in [7, 11) is 0. The van der Waals surface area contributed by atoms with E-state index in [0.29, 0.717) is 6.61 Å². The Labute approximate surface area is 79.7 Å². The van der Waals surface area contributed by atoms with E-state index < -0.39 is 0 Å². The number of hydrogen-bond donors (Lipinski definition) is 1. The Morgan fingerprint density at radius 3 is 2.23 bits per heavy atom. The highest BCUT2D eigenvalue weighted by Gasteiger charge is 2.31. The predicted molar refractivity (Wildman–Crippen MR) is 50.7 cm³/mol. The summed E-state index contributed by atoms with van der Waals surface area (Å²) in [6.45, 7) is 3.54. The topological polar surface area (TPSA) is 32.7 Å². The molecule has 0 aromatic carbocycles. The fourth-order valence-corrected chi connectivity index (χ4v) is 2.31. The first-order chi connectivity index (χ1) is 6.38. The highest BCUT2D eigenvalue weighted by atomic mass is 16.5. The molecule has 2 aliphatic heterocycles. The minimum atomic E-state index is -0.252. The average Bonchev–Trinajstić information content (AvgIpc) is 2.43. The molecule has 2 saturated heterocycles. The summed E-state index contributed by atoms with van der Waals surface area (Å²) >= 11 is 0. The molecule has 2 fully saturated rings. The Hall–Kier alpha value is -0.120. The molecule has 0 amide bonds. The van der Waals surface area contributed by atoms with Gasteiger partial charge < -0.3 is 9.84 Å². The zero-order chi connectivity index (χ0) is 9.10. The molecular formula is C10H19NO2. The molecule has 2 atom stereocenters. The van der Waals surface area contributed by atoms with Gasteiger partial charge >= 0.3 is 0 Å². The van der Waals surface area contributed by atoms with Crippen LogP contribution in [-0.4, -0.2) is 48.5 Å². The molecule has 76 valence electrons. The maximum absolute atomic E-state index is 9.67. The molecule has 2 heterocycles. The van der Waals surface area contributed by atoms with Crippen molar-refractivity contribution in [2.75, 3.05) is 26.3 Å².